The predicted molar refractivity (Wildman–Crippen MR) is 98.2 cm³/mol. The molecule has 0 radical (unpaired) electrons. The van der Waals surface area contributed by atoms with Gasteiger partial charge in [-0.3, -0.25) is 4.90 Å². The number of nitrogens with zero attached hydrogens (tertiary/aromatic N) is 1. The fourth-order valence-corrected chi connectivity index (χ4v) is 3.72. The molecule has 25 heavy (non-hydrogen) atoms. The number of halogens is 5. The fraction of sp³-hybridized carbons (Fsp3) is 0.375. The number of benzene rings is 1. The van der Waals surface area contributed by atoms with Gasteiger partial charge in [0, 0.05) is 36.6 Å². The Balaban J connectivity index is 0.00000156. The summed E-state index contributed by atoms with van der Waals surface area (Å²) in [4.78, 5) is 3.21. The predicted octanol–water partition coefficient (Wildman–Crippen LogP) is 4.48. The number of thiophene rings is 1. The highest BCUT2D eigenvalue weighted by atomic mass is 35.5. The summed E-state index contributed by atoms with van der Waals surface area (Å²) in [5.41, 5.74) is 0.550. The first-order chi connectivity index (χ1) is 11.0. The minimum atomic E-state index is -4.69. The smallest absolute Gasteiger partial charge is 0.405 e. The third-order valence-corrected chi connectivity index (χ3v) is 4.69. The molecule has 1 aromatic carbocycles. The molecule has 1 fully saturated rings. The van der Waals surface area contributed by atoms with Crippen LogP contribution in [-0.4, -0.2) is 37.4 Å². The van der Waals surface area contributed by atoms with Crippen molar-refractivity contribution in [2.24, 2.45) is 0 Å². The second-order valence-corrected chi connectivity index (χ2v) is 6.27. The minimum absolute atomic E-state index is 0. The molecule has 2 heterocycles. The Morgan fingerprint density at radius 1 is 1.04 bits per heavy atom. The third kappa shape index (κ3) is 5.76. The number of rotatable bonds is 4. The lowest BCUT2D eigenvalue weighted by Crippen LogP contribution is -2.45. The summed E-state index contributed by atoms with van der Waals surface area (Å²) in [6.07, 6.45) is -4.69. The monoisotopic (exact) mass is 414 g/mol. The summed E-state index contributed by atoms with van der Waals surface area (Å²) in [5, 5.41) is 5.21. The molecule has 0 bridgehead atoms. The maximum atomic E-state index is 12.7. The molecule has 0 saturated carbocycles. The van der Waals surface area contributed by atoms with Gasteiger partial charge in [0.25, 0.3) is 0 Å². The molecule has 3 rings (SSSR count). The number of hydrogen-bond acceptors (Lipinski definition) is 4. The highest BCUT2D eigenvalue weighted by Gasteiger charge is 2.34. The summed E-state index contributed by atoms with van der Waals surface area (Å²) in [7, 11) is 0. The van der Waals surface area contributed by atoms with Crippen LogP contribution in [0.15, 0.2) is 41.8 Å². The Bertz CT molecular complexity index is 635. The molecule has 140 valence electrons. The minimum Gasteiger partial charge on any atom is -0.405 e. The first-order valence-corrected chi connectivity index (χ1v) is 8.25. The largest absolute Gasteiger partial charge is 0.573 e. The molecule has 0 aliphatic carbocycles. The Morgan fingerprint density at radius 2 is 1.72 bits per heavy atom. The Kier molecular flexibility index (Phi) is 8.50. The Labute approximate surface area is 161 Å². The summed E-state index contributed by atoms with van der Waals surface area (Å²) >= 11 is 1.55. The highest BCUT2D eigenvalue weighted by Crippen LogP contribution is 2.38. The van der Waals surface area contributed by atoms with Gasteiger partial charge in [-0.1, -0.05) is 24.3 Å². The average Bonchev–Trinajstić information content (AvgIpc) is 3.03. The Morgan fingerprint density at radius 3 is 2.32 bits per heavy atom. The molecular weight excluding hydrogens is 396 g/mol. The van der Waals surface area contributed by atoms with Crippen molar-refractivity contribution in [2.75, 3.05) is 26.2 Å². The maximum Gasteiger partial charge on any atom is 0.573 e. The lowest BCUT2D eigenvalue weighted by Gasteiger charge is -2.35. The molecule has 0 unspecified atom stereocenters. The standard InChI is InChI=1S/C16H17F3N2OS.2ClH/c17-16(18,19)22-13-5-2-1-4-12(13)15(14-6-3-11-23-14)21-9-7-20-8-10-21;;/h1-6,11,15,20H,7-10H2;2*1H/t15-;;/m0../s1. The van der Waals surface area contributed by atoms with E-state index in [4.69, 9.17) is 0 Å². The second kappa shape index (κ2) is 9.64. The quantitative estimate of drug-likeness (QED) is 0.797. The molecule has 2 aromatic rings. The van der Waals surface area contributed by atoms with Gasteiger partial charge >= 0.3 is 6.36 Å². The first kappa shape index (κ1) is 22.1. The van der Waals surface area contributed by atoms with Crippen LogP contribution in [0.5, 0.6) is 5.75 Å². The second-order valence-electron chi connectivity index (χ2n) is 5.29. The van der Waals surface area contributed by atoms with Gasteiger partial charge in [-0.05, 0) is 17.5 Å². The molecule has 3 nitrogen and oxygen atoms in total. The van der Waals surface area contributed by atoms with Crippen LogP contribution in [0.4, 0.5) is 13.2 Å². The third-order valence-electron chi connectivity index (χ3n) is 3.77. The van der Waals surface area contributed by atoms with E-state index < -0.39 is 6.36 Å². The van der Waals surface area contributed by atoms with E-state index in [1.54, 1.807) is 29.5 Å². The van der Waals surface area contributed by atoms with Crippen LogP contribution in [0.2, 0.25) is 0 Å². The van der Waals surface area contributed by atoms with Gasteiger partial charge in [0.1, 0.15) is 5.75 Å². The molecule has 1 aromatic heterocycles. The molecule has 0 amide bonds. The topological polar surface area (TPSA) is 24.5 Å². The van der Waals surface area contributed by atoms with Crippen molar-refractivity contribution in [2.45, 2.75) is 12.4 Å². The number of hydrogen-bond donors (Lipinski definition) is 1. The first-order valence-electron chi connectivity index (χ1n) is 7.37. The highest BCUT2D eigenvalue weighted by molar-refractivity contribution is 7.10. The van der Waals surface area contributed by atoms with E-state index in [9.17, 15) is 13.2 Å². The van der Waals surface area contributed by atoms with Crippen molar-refractivity contribution in [3.8, 4) is 5.75 Å². The number of alkyl halides is 3. The van der Waals surface area contributed by atoms with Crippen LogP contribution in [0.3, 0.4) is 0 Å². The van der Waals surface area contributed by atoms with Crippen molar-refractivity contribution in [1.82, 2.24) is 10.2 Å². The average molecular weight is 415 g/mol. The number of ether oxygens (including phenoxy) is 1. The lowest BCUT2D eigenvalue weighted by molar-refractivity contribution is -0.275. The number of para-hydroxylation sites is 1. The van der Waals surface area contributed by atoms with Gasteiger partial charge in [-0.25, -0.2) is 0 Å². The van der Waals surface area contributed by atoms with E-state index in [-0.39, 0.29) is 36.6 Å². The lowest BCUT2D eigenvalue weighted by atomic mass is 10.0. The zero-order valence-electron chi connectivity index (χ0n) is 13.2. The number of nitrogens with one attached hydrogen (secondary N) is 1. The van der Waals surface area contributed by atoms with E-state index in [1.807, 2.05) is 17.5 Å². The number of piperazine rings is 1. The van der Waals surface area contributed by atoms with E-state index in [0.29, 0.717) is 5.56 Å². The van der Waals surface area contributed by atoms with Gasteiger partial charge in [0.15, 0.2) is 0 Å². The fourth-order valence-electron chi connectivity index (χ4n) is 2.84. The van der Waals surface area contributed by atoms with Crippen molar-refractivity contribution in [1.29, 1.82) is 0 Å². The van der Waals surface area contributed by atoms with E-state index in [2.05, 4.69) is 15.0 Å². The normalized spacial score (nSPS) is 16.4. The SMILES string of the molecule is Cl.Cl.FC(F)(F)Oc1ccccc1[C@@H](c1cccs1)N1CCNCC1. The van der Waals surface area contributed by atoms with Gasteiger partial charge in [-0.15, -0.1) is 49.3 Å². The molecular formula is C16H19Cl2F3N2OS. The summed E-state index contributed by atoms with van der Waals surface area (Å²) in [6, 6.07) is 10.1. The molecule has 1 aliphatic heterocycles. The van der Waals surface area contributed by atoms with Gasteiger partial charge in [0.2, 0.25) is 0 Å². The van der Waals surface area contributed by atoms with Gasteiger partial charge in [0.05, 0.1) is 6.04 Å². The molecule has 1 N–H and O–H groups in total. The van der Waals surface area contributed by atoms with E-state index in [0.717, 1.165) is 31.1 Å². The molecule has 9 heteroatoms. The van der Waals surface area contributed by atoms with Crippen LogP contribution in [-0.2, 0) is 0 Å². The summed E-state index contributed by atoms with van der Waals surface area (Å²) < 4.78 is 42.4. The van der Waals surface area contributed by atoms with Gasteiger partial charge < -0.3 is 10.1 Å². The Hall–Kier alpha value is -0.990. The van der Waals surface area contributed by atoms with Gasteiger partial charge in [-0.2, -0.15) is 0 Å². The summed E-state index contributed by atoms with van der Waals surface area (Å²) in [6.45, 7) is 3.21. The van der Waals surface area contributed by atoms with Crippen LogP contribution in [0.1, 0.15) is 16.5 Å². The molecule has 0 spiro atoms. The zero-order chi connectivity index (χ0) is 16.3. The van der Waals surface area contributed by atoms with Crippen molar-refractivity contribution >= 4 is 36.2 Å². The summed E-state index contributed by atoms with van der Waals surface area (Å²) in [5.74, 6) is -0.128. The van der Waals surface area contributed by atoms with E-state index >= 15 is 0 Å². The van der Waals surface area contributed by atoms with Crippen LogP contribution in [0, 0.1) is 0 Å². The molecule has 1 saturated heterocycles. The van der Waals surface area contributed by atoms with E-state index in [1.165, 1.54) is 6.07 Å². The van der Waals surface area contributed by atoms with Crippen LogP contribution >= 0.6 is 36.2 Å². The van der Waals surface area contributed by atoms with Crippen LogP contribution in [0.25, 0.3) is 0 Å². The molecule has 1 aliphatic rings. The van der Waals surface area contributed by atoms with Crippen LogP contribution < -0.4 is 10.1 Å². The van der Waals surface area contributed by atoms with Crippen molar-refractivity contribution < 1.29 is 17.9 Å². The zero-order valence-corrected chi connectivity index (χ0v) is 15.6. The molecule has 1 atom stereocenters. The van der Waals surface area contributed by atoms with Crippen molar-refractivity contribution in [3.63, 3.8) is 0 Å². The van der Waals surface area contributed by atoms with Crippen molar-refractivity contribution in [3.05, 3.63) is 52.2 Å². The maximum absolute atomic E-state index is 12.7.